The van der Waals surface area contributed by atoms with Crippen molar-refractivity contribution in [3.8, 4) is 0 Å². The minimum atomic E-state index is -0.945. The topological polar surface area (TPSA) is 98.8 Å². The van der Waals surface area contributed by atoms with E-state index in [1.165, 1.54) is 18.4 Å². The van der Waals surface area contributed by atoms with Gasteiger partial charge in [0, 0.05) is 31.1 Å². The molecule has 8 heteroatoms. The molecule has 2 unspecified atom stereocenters. The van der Waals surface area contributed by atoms with Crippen molar-refractivity contribution in [3.63, 3.8) is 0 Å². The predicted octanol–water partition coefficient (Wildman–Crippen LogP) is 2.83. The molecule has 3 aliphatic heterocycles. The molecule has 0 radical (unpaired) electrons. The maximum absolute atomic E-state index is 13.3. The quantitative estimate of drug-likeness (QED) is 0.562. The molecule has 1 aromatic carbocycles. The summed E-state index contributed by atoms with van der Waals surface area (Å²) in [5.74, 6) is -1.07. The first-order valence-electron chi connectivity index (χ1n) is 13.8. The van der Waals surface area contributed by atoms with E-state index in [-0.39, 0.29) is 24.8 Å². The molecule has 5 rings (SSSR count). The van der Waals surface area contributed by atoms with E-state index >= 15 is 0 Å². The van der Waals surface area contributed by atoms with Crippen LogP contribution in [0.1, 0.15) is 64.0 Å². The number of piperidine rings is 2. The molecule has 1 aromatic rings. The van der Waals surface area contributed by atoms with Crippen molar-refractivity contribution in [2.45, 2.75) is 78.0 Å². The van der Waals surface area contributed by atoms with E-state index in [9.17, 15) is 19.2 Å². The molecule has 0 aromatic heterocycles. The standard InChI is InChI=1S/C30H38N4O4/c1-30(2,3)21-13-15-33(16-14-21)18-20-9-7-19(8-10-20)17-31-23-6-4-5-22-26(23)29(38)34(28(22)37)24-11-12-25(35)32-27(24)36/h4-5,7-10,21,23-24,31H,6,11-18H2,1-3H3,(H,32,35,36). The number of carbonyl (C=O) groups excluding carboxylic acids is 4. The summed E-state index contributed by atoms with van der Waals surface area (Å²) in [7, 11) is 0. The second-order valence-corrected chi connectivity index (χ2v) is 12.1. The maximum Gasteiger partial charge on any atom is 0.262 e. The second kappa shape index (κ2) is 10.6. The van der Waals surface area contributed by atoms with Gasteiger partial charge in [0.2, 0.25) is 11.8 Å². The van der Waals surface area contributed by atoms with Gasteiger partial charge in [-0.05, 0) is 61.2 Å². The van der Waals surface area contributed by atoms with Gasteiger partial charge in [-0.2, -0.15) is 0 Å². The summed E-state index contributed by atoms with van der Waals surface area (Å²) in [6.07, 6.45) is 6.93. The molecule has 0 bridgehead atoms. The lowest BCUT2D eigenvalue weighted by Crippen LogP contribution is -2.55. The maximum atomic E-state index is 13.3. The number of imide groups is 2. The molecule has 0 saturated carbocycles. The molecule has 38 heavy (non-hydrogen) atoms. The fourth-order valence-corrected chi connectivity index (χ4v) is 6.14. The Balaban J connectivity index is 1.17. The number of amides is 4. The first-order chi connectivity index (χ1) is 18.1. The van der Waals surface area contributed by atoms with Crippen molar-refractivity contribution in [2.75, 3.05) is 13.1 Å². The monoisotopic (exact) mass is 518 g/mol. The minimum absolute atomic E-state index is 0.112. The molecule has 2 N–H and O–H groups in total. The van der Waals surface area contributed by atoms with Gasteiger partial charge in [0.05, 0.1) is 5.57 Å². The Morgan fingerprint density at radius 2 is 1.63 bits per heavy atom. The third-order valence-electron chi connectivity index (χ3n) is 8.51. The Morgan fingerprint density at radius 3 is 2.29 bits per heavy atom. The van der Waals surface area contributed by atoms with Crippen molar-refractivity contribution < 1.29 is 19.2 Å². The fourth-order valence-electron chi connectivity index (χ4n) is 6.14. The fraction of sp³-hybridized carbons (Fsp3) is 0.533. The van der Waals surface area contributed by atoms with Crippen LogP contribution in [0, 0.1) is 11.3 Å². The summed E-state index contributed by atoms with van der Waals surface area (Å²) in [4.78, 5) is 53.8. The van der Waals surface area contributed by atoms with E-state index in [4.69, 9.17) is 0 Å². The van der Waals surface area contributed by atoms with Gasteiger partial charge in [0.15, 0.2) is 0 Å². The van der Waals surface area contributed by atoms with E-state index in [2.05, 4.69) is 60.6 Å². The third-order valence-corrected chi connectivity index (χ3v) is 8.51. The van der Waals surface area contributed by atoms with Gasteiger partial charge in [-0.15, -0.1) is 0 Å². The van der Waals surface area contributed by atoms with Crippen molar-refractivity contribution in [3.05, 3.63) is 58.7 Å². The molecule has 2 fully saturated rings. The van der Waals surface area contributed by atoms with E-state index in [0.29, 0.717) is 29.5 Å². The molecule has 202 valence electrons. The molecule has 8 nitrogen and oxygen atoms in total. The van der Waals surface area contributed by atoms with Crippen LogP contribution in [0.5, 0.6) is 0 Å². The number of rotatable bonds is 6. The molecule has 1 aliphatic carbocycles. The van der Waals surface area contributed by atoms with Crippen LogP contribution < -0.4 is 10.6 Å². The zero-order chi connectivity index (χ0) is 27.0. The molecule has 2 atom stereocenters. The highest BCUT2D eigenvalue weighted by Crippen LogP contribution is 2.35. The van der Waals surface area contributed by atoms with Gasteiger partial charge < -0.3 is 5.32 Å². The molecular formula is C30H38N4O4. The highest BCUT2D eigenvalue weighted by molar-refractivity contribution is 6.23. The van der Waals surface area contributed by atoms with Crippen molar-refractivity contribution >= 4 is 23.6 Å². The number of carbonyl (C=O) groups is 4. The number of hydrogen-bond donors (Lipinski definition) is 2. The number of nitrogens with zero attached hydrogens (tertiary/aromatic N) is 2. The normalized spacial score (nSPS) is 25.3. The largest absolute Gasteiger partial charge is 0.305 e. The van der Waals surface area contributed by atoms with Crippen LogP contribution in [0.2, 0.25) is 0 Å². The van der Waals surface area contributed by atoms with Gasteiger partial charge in [0.1, 0.15) is 6.04 Å². The van der Waals surface area contributed by atoms with E-state index < -0.39 is 23.8 Å². The van der Waals surface area contributed by atoms with E-state index in [0.717, 1.165) is 36.0 Å². The zero-order valence-corrected chi connectivity index (χ0v) is 22.6. The molecule has 2 saturated heterocycles. The molecule has 4 aliphatic rings. The van der Waals surface area contributed by atoms with Gasteiger partial charge in [0.25, 0.3) is 11.8 Å². The molecule has 0 spiro atoms. The first kappa shape index (κ1) is 26.5. The summed E-state index contributed by atoms with van der Waals surface area (Å²) in [5, 5.41) is 5.69. The number of nitrogens with one attached hydrogen (secondary N) is 2. The lowest BCUT2D eigenvalue weighted by molar-refractivity contribution is -0.150. The van der Waals surface area contributed by atoms with Crippen LogP contribution in [0.15, 0.2) is 47.6 Å². The SMILES string of the molecule is CC(C)(C)C1CCN(Cc2ccc(CNC3CC=CC4=C3C(=O)N(C3CCC(=O)NC3=O)C4=O)cc2)CC1. The lowest BCUT2D eigenvalue weighted by atomic mass is 9.75. The van der Waals surface area contributed by atoms with Gasteiger partial charge >= 0.3 is 0 Å². The Labute approximate surface area is 224 Å². The Kier molecular flexibility index (Phi) is 7.38. The van der Waals surface area contributed by atoms with E-state index in [1.54, 1.807) is 6.08 Å². The van der Waals surface area contributed by atoms with Gasteiger partial charge in [-0.3, -0.25) is 34.3 Å². The lowest BCUT2D eigenvalue weighted by Gasteiger charge is -2.38. The highest BCUT2D eigenvalue weighted by atomic mass is 16.2. The third kappa shape index (κ3) is 5.38. The van der Waals surface area contributed by atoms with Crippen molar-refractivity contribution in [2.24, 2.45) is 11.3 Å². The Morgan fingerprint density at radius 1 is 0.947 bits per heavy atom. The number of likely N-dealkylation sites (tertiary alicyclic amines) is 1. The van der Waals surface area contributed by atoms with Gasteiger partial charge in [-0.25, -0.2) is 0 Å². The molecular weight excluding hydrogens is 480 g/mol. The van der Waals surface area contributed by atoms with Crippen LogP contribution in [-0.2, 0) is 32.3 Å². The van der Waals surface area contributed by atoms with Crippen LogP contribution >= 0.6 is 0 Å². The second-order valence-electron chi connectivity index (χ2n) is 12.1. The highest BCUT2D eigenvalue weighted by Gasteiger charge is 2.47. The van der Waals surface area contributed by atoms with Crippen LogP contribution in [0.3, 0.4) is 0 Å². The number of hydrogen-bond acceptors (Lipinski definition) is 6. The van der Waals surface area contributed by atoms with Crippen LogP contribution in [0.25, 0.3) is 0 Å². The summed E-state index contributed by atoms with van der Waals surface area (Å²) >= 11 is 0. The van der Waals surface area contributed by atoms with Crippen LogP contribution in [0.4, 0.5) is 0 Å². The van der Waals surface area contributed by atoms with Crippen LogP contribution in [-0.4, -0.2) is 58.6 Å². The summed E-state index contributed by atoms with van der Waals surface area (Å²) < 4.78 is 0. The molecule has 3 heterocycles. The van der Waals surface area contributed by atoms with Gasteiger partial charge in [-0.1, -0.05) is 57.2 Å². The summed E-state index contributed by atoms with van der Waals surface area (Å²) in [5.41, 5.74) is 3.54. The Bertz CT molecular complexity index is 1190. The predicted molar refractivity (Wildman–Crippen MR) is 143 cm³/mol. The summed E-state index contributed by atoms with van der Waals surface area (Å²) in [6, 6.07) is 7.33. The number of benzene rings is 1. The van der Waals surface area contributed by atoms with Crippen molar-refractivity contribution in [1.82, 2.24) is 20.4 Å². The Hall–Kier alpha value is -3.10. The van der Waals surface area contributed by atoms with E-state index in [1.807, 2.05) is 6.08 Å². The minimum Gasteiger partial charge on any atom is -0.305 e. The molecule has 4 amide bonds. The average Bonchev–Trinajstić information content (AvgIpc) is 3.14. The summed E-state index contributed by atoms with van der Waals surface area (Å²) in [6.45, 7) is 10.8. The zero-order valence-electron chi connectivity index (χ0n) is 22.6. The smallest absolute Gasteiger partial charge is 0.262 e. The van der Waals surface area contributed by atoms with Crippen molar-refractivity contribution in [1.29, 1.82) is 0 Å². The first-order valence-corrected chi connectivity index (χ1v) is 13.8. The average molecular weight is 519 g/mol.